The summed E-state index contributed by atoms with van der Waals surface area (Å²) in [6, 6.07) is 8.89. The molecule has 22 heavy (non-hydrogen) atoms. The molecule has 3 heteroatoms. The molecule has 0 N–H and O–H groups in total. The average Bonchev–Trinajstić information content (AvgIpc) is 2.46. The molecule has 2 fully saturated rings. The van der Waals surface area contributed by atoms with Crippen molar-refractivity contribution in [2.75, 3.05) is 7.05 Å². The summed E-state index contributed by atoms with van der Waals surface area (Å²) in [5.74, 6) is 1.18. The van der Waals surface area contributed by atoms with Gasteiger partial charge in [0.15, 0.2) is 5.78 Å². The van der Waals surface area contributed by atoms with Gasteiger partial charge in [0.25, 0.3) is 0 Å². The molecule has 2 unspecified atom stereocenters. The molecule has 0 amide bonds. The van der Waals surface area contributed by atoms with Gasteiger partial charge in [0.1, 0.15) is 5.75 Å². The van der Waals surface area contributed by atoms with Gasteiger partial charge in [-0.05, 0) is 58.7 Å². The first kappa shape index (κ1) is 15.5. The van der Waals surface area contributed by atoms with Crippen molar-refractivity contribution in [3.63, 3.8) is 0 Å². The zero-order valence-electron chi connectivity index (χ0n) is 13.9. The summed E-state index contributed by atoms with van der Waals surface area (Å²) in [5, 5.41) is 0. The molecule has 2 bridgehead atoms. The van der Waals surface area contributed by atoms with Crippen molar-refractivity contribution in [1.29, 1.82) is 0 Å². The van der Waals surface area contributed by atoms with Crippen molar-refractivity contribution in [2.45, 2.75) is 64.1 Å². The molecule has 1 aromatic rings. The molecular formula is C19H27NO2. The van der Waals surface area contributed by atoms with E-state index in [4.69, 9.17) is 4.74 Å². The third-order valence-electron chi connectivity index (χ3n) is 5.23. The molecule has 0 spiro atoms. The van der Waals surface area contributed by atoms with Crippen LogP contribution < -0.4 is 4.74 Å². The van der Waals surface area contributed by atoms with E-state index in [0.29, 0.717) is 12.1 Å². The van der Waals surface area contributed by atoms with Crippen LogP contribution in [0, 0.1) is 5.92 Å². The maximum Gasteiger partial charge on any atom is 0.169 e. The number of benzene rings is 1. The van der Waals surface area contributed by atoms with Gasteiger partial charge in [0.05, 0.1) is 11.7 Å². The van der Waals surface area contributed by atoms with Crippen LogP contribution in [0.4, 0.5) is 0 Å². The van der Waals surface area contributed by atoms with E-state index in [1.54, 1.807) is 0 Å². The molecule has 2 aliphatic rings. The average molecular weight is 301 g/mol. The lowest BCUT2D eigenvalue weighted by atomic mass is 9.76. The Morgan fingerprint density at radius 1 is 1.18 bits per heavy atom. The highest BCUT2D eigenvalue weighted by Crippen LogP contribution is 2.38. The van der Waals surface area contributed by atoms with E-state index in [9.17, 15) is 4.79 Å². The van der Waals surface area contributed by atoms with Crippen molar-refractivity contribution in [1.82, 2.24) is 4.90 Å². The van der Waals surface area contributed by atoms with E-state index in [-0.39, 0.29) is 17.8 Å². The second-order valence-electron chi connectivity index (χ2n) is 7.10. The summed E-state index contributed by atoms with van der Waals surface area (Å²) < 4.78 is 5.84. The number of carbonyl (C=O) groups is 1. The molecule has 2 heterocycles. The predicted molar refractivity (Wildman–Crippen MR) is 88.5 cm³/mol. The molecule has 2 saturated heterocycles. The van der Waals surface area contributed by atoms with Crippen LogP contribution in [0.3, 0.4) is 0 Å². The molecule has 0 saturated carbocycles. The number of para-hydroxylation sites is 1. The van der Waals surface area contributed by atoms with E-state index in [0.717, 1.165) is 24.2 Å². The number of hydrogen-bond donors (Lipinski definition) is 0. The SMILES string of the molecule is CC(C)Oc1ccccc1C(=O)C1CC2CCCC(C1)N2C. The normalized spacial score (nSPS) is 28.6. The number of fused-ring (bicyclic) bond motifs is 2. The maximum absolute atomic E-state index is 13.0. The summed E-state index contributed by atoms with van der Waals surface area (Å²) in [6.07, 6.45) is 5.88. The maximum atomic E-state index is 13.0. The van der Waals surface area contributed by atoms with Gasteiger partial charge >= 0.3 is 0 Å². The first-order chi connectivity index (χ1) is 10.6. The number of hydrogen-bond acceptors (Lipinski definition) is 3. The van der Waals surface area contributed by atoms with Crippen LogP contribution in [0.5, 0.6) is 5.75 Å². The highest BCUT2D eigenvalue weighted by Gasteiger charge is 2.39. The summed E-state index contributed by atoms with van der Waals surface area (Å²) in [4.78, 5) is 15.5. The van der Waals surface area contributed by atoms with E-state index in [2.05, 4.69) is 11.9 Å². The standard InChI is InChI=1S/C19H27NO2/c1-13(2)22-18-10-5-4-9-17(18)19(21)14-11-15-7-6-8-16(12-14)20(15)3/h4-5,9-10,13-16H,6-8,11-12H2,1-3H3. The van der Waals surface area contributed by atoms with Crippen LogP contribution in [0.25, 0.3) is 0 Å². The highest BCUT2D eigenvalue weighted by atomic mass is 16.5. The molecule has 2 atom stereocenters. The Labute approximate surface area is 133 Å². The van der Waals surface area contributed by atoms with Crippen molar-refractivity contribution >= 4 is 5.78 Å². The lowest BCUT2D eigenvalue weighted by molar-refractivity contribution is 0.0336. The zero-order chi connectivity index (χ0) is 15.7. The number of carbonyl (C=O) groups excluding carboxylic acids is 1. The third-order valence-corrected chi connectivity index (χ3v) is 5.23. The summed E-state index contributed by atoms with van der Waals surface area (Å²) >= 11 is 0. The van der Waals surface area contributed by atoms with Gasteiger partial charge < -0.3 is 9.64 Å². The van der Waals surface area contributed by atoms with Gasteiger partial charge in [0, 0.05) is 18.0 Å². The van der Waals surface area contributed by atoms with E-state index < -0.39 is 0 Å². The fourth-order valence-corrected chi connectivity index (χ4v) is 4.08. The lowest BCUT2D eigenvalue weighted by Crippen LogP contribution is -2.51. The largest absolute Gasteiger partial charge is 0.490 e. The number of ether oxygens (including phenoxy) is 1. The minimum Gasteiger partial charge on any atom is -0.490 e. The number of ketones is 1. The molecular weight excluding hydrogens is 274 g/mol. The van der Waals surface area contributed by atoms with Crippen molar-refractivity contribution in [3.05, 3.63) is 29.8 Å². The highest BCUT2D eigenvalue weighted by molar-refractivity contribution is 6.00. The van der Waals surface area contributed by atoms with Crippen molar-refractivity contribution < 1.29 is 9.53 Å². The van der Waals surface area contributed by atoms with Crippen LogP contribution in [0.1, 0.15) is 56.3 Å². The lowest BCUT2D eigenvalue weighted by Gasteiger charge is -2.46. The Hall–Kier alpha value is -1.35. The van der Waals surface area contributed by atoms with E-state index in [1.165, 1.54) is 19.3 Å². The van der Waals surface area contributed by atoms with Crippen molar-refractivity contribution in [3.8, 4) is 5.75 Å². The summed E-state index contributed by atoms with van der Waals surface area (Å²) in [6.45, 7) is 4.00. The van der Waals surface area contributed by atoms with Crippen LogP contribution in [0.15, 0.2) is 24.3 Å². The van der Waals surface area contributed by atoms with Crippen molar-refractivity contribution in [2.24, 2.45) is 5.92 Å². The molecule has 2 aliphatic heterocycles. The smallest absolute Gasteiger partial charge is 0.169 e. The molecule has 0 aromatic heterocycles. The Morgan fingerprint density at radius 2 is 1.82 bits per heavy atom. The van der Waals surface area contributed by atoms with Crippen LogP contribution in [-0.4, -0.2) is 35.9 Å². The monoisotopic (exact) mass is 301 g/mol. The number of piperidine rings is 2. The van der Waals surface area contributed by atoms with E-state index in [1.807, 2.05) is 38.1 Å². The van der Waals surface area contributed by atoms with Crippen LogP contribution in [-0.2, 0) is 0 Å². The molecule has 0 aliphatic carbocycles. The quantitative estimate of drug-likeness (QED) is 0.789. The molecule has 3 nitrogen and oxygen atoms in total. The van der Waals surface area contributed by atoms with Gasteiger partial charge in [-0.15, -0.1) is 0 Å². The molecule has 1 aromatic carbocycles. The van der Waals surface area contributed by atoms with Gasteiger partial charge in [-0.2, -0.15) is 0 Å². The number of nitrogens with zero attached hydrogens (tertiary/aromatic N) is 1. The second kappa shape index (κ2) is 6.41. The topological polar surface area (TPSA) is 29.5 Å². The minimum atomic E-state index is 0.0887. The van der Waals surface area contributed by atoms with Gasteiger partial charge in [-0.1, -0.05) is 18.6 Å². The summed E-state index contributed by atoms with van der Waals surface area (Å²) in [5.41, 5.74) is 0.767. The third kappa shape index (κ3) is 3.05. The fraction of sp³-hybridized carbons (Fsp3) is 0.632. The minimum absolute atomic E-state index is 0.0887. The van der Waals surface area contributed by atoms with Gasteiger partial charge in [-0.25, -0.2) is 0 Å². The zero-order valence-corrected chi connectivity index (χ0v) is 13.9. The molecule has 0 radical (unpaired) electrons. The first-order valence-corrected chi connectivity index (χ1v) is 8.58. The first-order valence-electron chi connectivity index (χ1n) is 8.58. The van der Waals surface area contributed by atoms with Gasteiger partial charge in [-0.3, -0.25) is 4.79 Å². The van der Waals surface area contributed by atoms with Crippen LogP contribution >= 0.6 is 0 Å². The fourth-order valence-electron chi connectivity index (χ4n) is 4.08. The van der Waals surface area contributed by atoms with E-state index >= 15 is 0 Å². The Kier molecular flexibility index (Phi) is 4.53. The second-order valence-corrected chi connectivity index (χ2v) is 7.10. The van der Waals surface area contributed by atoms with Crippen LogP contribution in [0.2, 0.25) is 0 Å². The number of Topliss-reactive ketones (excluding diaryl/α,β-unsaturated/α-hetero) is 1. The Morgan fingerprint density at radius 3 is 2.45 bits per heavy atom. The Balaban J connectivity index is 1.80. The van der Waals surface area contributed by atoms with Gasteiger partial charge in [0.2, 0.25) is 0 Å². The number of rotatable bonds is 4. The predicted octanol–water partition coefficient (Wildman–Crippen LogP) is 3.92. The Bertz CT molecular complexity index is 526. The molecule has 120 valence electrons. The molecule has 3 rings (SSSR count). The summed E-state index contributed by atoms with van der Waals surface area (Å²) in [7, 11) is 2.23.